The first-order chi connectivity index (χ1) is 10.7. The zero-order valence-corrected chi connectivity index (χ0v) is 12.4. The van der Waals surface area contributed by atoms with Crippen LogP contribution in [0.4, 0.5) is 0 Å². The number of amides is 1. The zero-order chi connectivity index (χ0) is 15.1. The minimum Gasteiger partial charge on any atom is -0.366 e. The van der Waals surface area contributed by atoms with Gasteiger partial charge in [-0.3, -0.25) is 4.79 Å². The molecular weight excluding hydrogens is 272 g/mol. The van der Waals surface area contributed by atoms with Gasteiger partial charge in [0.2, 0.25) is 0 Å². The molecular formula is C19H18N2O. The number of rotatable bonds is 2. The lowest BCUT2D eigenvalue weighted by Crippen LogP contribution is -2.10. The van der Waals surface area contributed by atoms with Crippen molar-refractivity contribution in [3.8, 4) is 5.69 Å². The van der Waals surface area contributed by atoms with Gasteiger partial charge in [-0.15, -0.1) is 0 Å². The number of hydrogen-bond acceptors (Lipinski definition) is 1. The van der Waals surface area contributed by atoms with E-state index in [1.165, 1.54) is 30.4 Å². The lowest BCUT2D eigenvalue weighted by Gasteiger charge is -2.17. The highest BCUT2D eigenvalue weighted by atomic mass is 16.1. The molecule has 3 aromatic rings. The Morgan fingerprint density at radius 3 is 2.59 bits per heavy atom. The van der Waals surface area contributed by atoms with E-state index in [9.17, 15) is 4.79 Å². The topological polar surface area (TPSA) is 48.0 Å². The van der Waals surface area contributed by atoms with E-state index in [4.69, 9.17) is 5.73 Å². The van der Waals surface area contributed by atoms with Crippen LogP contribution in [0.1, 0.15) is 34.3 Å². The fourth-order valence-corrected chi connectivity index (χ4v) is 3.46. The molecule has 3 nitrogen and oxygen atoms in total. The normalized spacial score (nSPS) is 14.0. The predicted molar refractivity (Wildman–Crippen MR) is 88.4 cm³/mol. The monoisotopic (exact) mass is 290 g/mol. The van der Waals surface area contributed by atoms with E-state index in [0.29, 0.717) is 5.56 Å². The van der Waals surface area contributed by atoms with Crippen molar-refractivity contribution >= 4 is 16.8 Å². The number of carbonyl (C=O) groups is 1. The van der Waals surface area contributed by atoms with Crippen LogP contribution in [-0.4, -0.2) is 10.5 Å². The summed E-state index contributed by atoms with van der Waals surface area (Å²) in [5.74, 6) is -0.382. The lowest BCUT2D eigenvalue weighted by molar-refractivity contribution is 0.100. The van der Waals surface area contributed by atoms with Gasteiger partial charge in [0.1, 0.15) is 0 Å². The summed E-state index contributed by atoms with van der Waals surface area (Å²) in [7, 11) is 0. The van der Waals surface area contributed by atoms with Crippen LogP contribution >= 0.6 is 0 Å². The van der Waals surface area contributed by atoms with Crippen LogP contribution in [0.25, 0.3) is 16.6 Å². The van der Waals surface area contributed by atoms with Gasteiger partial charge in [0, 0.05) is 17.3 Å². The third kappa shape index (κ3) is 2.01. The molecule has 0 atom stereocenters. The number of nitrogens with zero attached hydrogens (tertiary/aromatic N) is 1. The number of nitrogens with two attached hydrogens (primary N) is 1. The Morgan fingerprint density at radius 1 is 1.00 bits per heavy atom. The van der Waals surface area contributed by atoms with Gasteiger partial charge in [0.05, 0.1) is 11.1 Å². The molecule has 1 heterocycles. The number of aromatic nitrogens is 1. The number of fused-ring (bicyclic) bond motifs is 2. The Hall–Kier alpha value is -2.55. The van der Waals surface area contributed by atoms with Gasteiger partial charge in [-0.1, -0.05) is 24.3 Å². The lowest BCUT2D eigenvalue weighted by atomic mass is 9.91. The third-order valence-corrected chi connectivity index (χ3v) is 4.59. The van der Waals surface area contributed by atoms with Gasteiger partial charge in [0.25, 0.3) is 5.91 Å². The standard InChI is InChI=1S/C19H18N2O/c20-19(22)17-12-21(18-8-4-3-7-16(17)18)15-10-9-13-5-1-2-6-14(13)11-15/h3-4,7-12H,1-2,5-6H2,(H2,20,22). The third-order valence-electron chi connectivity index (χ3n) is 4.59. The van der Waals surface area contributed by atoms with Gasteiger partial charge in [-0.05, 0) is 55.0 Å². The Labute approximate surface area is 129 Å². The second-order valence-electron chi connectivity index (χ2n) is 5.95. The summed E-state index contributed by atoms with van der Waals surface area (Å²) in [5.41, 5.74) is 11.1. The molecule has 1 aliphatic carbocycles. The molecule has 2 N–H and O–H groups in total. The summed E-state index contributed by atoms with van der Waals surface area (Å²) in [6.07, 6.45) is 6.72. The highest BCUT2D eigenvalue weighted by molar-refractivity contribution is 6.06. The van der Waals surface area contributed by atoms with Crippen molar-refractivity contribution in [3.05, 3.63) is 65.4 Å². The Morgan fingerprint density at radius 2 is 1.77 bits per heavy atom. The molecule has 0 saturated carbocycles. The molecule has 0 saturated heterocycles. The summed E-state index contributed by atoms with van der Waals surface area (Å²) >= 11 is 0. The number of benzene rings is 2. The van der Waals surface area contributed by atoms with E-state index in [2.05, 4.69) is 22.8 Å². The van der Waals surface area contributed by atoms with Crippen LogP contribution in [-0.2, 0) is 12.8 Å². The van der Waals surface area contributed by atoms with Gasteiger partial charge >= 0.3 is 0 Å². The molecule has 1 amide bonds. The van der Waals surface area contributed by atoms with Gasteiger partial charge < -0.3 is 10.3 Å². The highest BCUT2D eigenvalue weighted by Crippen LogP contribution is 2.28. The molecule has 0 aliphatic heterocycles. The molecule has 110 valence electrons. The minimum atomic E-state index is -0.382. The van der Waals surface area contributed by atoms with E-state index in [1.807, 2.05) is 30.5 Å². The van der Waals surface area contributed by atoms with E-state index < -0.39 is 0 Å². The molecule has 4 rings (SSSR count). The quantitative estimate of drug-likeness (QED) is 0.770. The fourth-order valence-electron chi connectivity index (χ4n) is 3.46. The summed E-state index contributed by atoms with van der Waals surface area (Å²) < 4.78 is 2.07. The van der Waals surface area contributed by atoms with Crippen molar-refractivity contribution in [2.45, 2.75) is 25.7 Å². The van der Waals surface area contributed by atoms with Gasteiger partial charge in [-0.2, -0.15) is 0 Å². The Kier molecular flexibility index (Phi) is 3.00. The number of hydrogen-bond donors (Lipinski definition) is 1. The van der Waals surface area contributed by atoms with Crippen LogP contribution < -0.4 is 5.73 Å². The van der Waals surface area contributed by atoms with Crippen molar-refractivity contribution < 1.29 is 4.79 Å². The van der Waals surface area contributed by atoms with E-state index in [-0.39, 0.29) is 5.91 Å². The molecule has 1 aromatic heterocycles. The molecule has 0 unspecified atom stereocenters. The van der Waals surface area contributed by atoms with Gasteiger partial charge in [-0.25, -0.2) is 0 Å². The predicted octanol–water partition coefficient (Wildman–Crippen LogP) is 3.61. The largest absolute Gasteiger partial charge is 0.366 e. The van der Waals surface area contributed by atoms with Crippen LogP contribution in [0.15, 0.2) is 48.7 Å². The van der Waals surface area contributed by atoms with Crippen molar-refractivity contribution in [3.63, 3.8) is 0 Å². The van der Waals surface area contributed by atoms with E-state index >= 15 is 0 Å². The van der Waals surface area contributed by atoms with Crippen molar-refractivity contribution in [2.24, 2.45) is 5.73 Å². The highest BCUT2D eigenvalue weighted by Gasteiger charge is 2.15. The molecule has 1 aliphatic rings. The first-order valence-electron chi connectivity index (χ1n) is 7.76. The maximum absolute atomic E-state index is 11.7. The molecule has 0 fully saturated rings. The Balaban J connectivity index is 1.93. The van der Waals surface area contributed by atoms with Crippen LogP contribution in [0.2, 0.25) is 0 Å². The molecule has 0 bridgehead atoms. The number of primary amides is 1. The summed E-state index contributed by atoms with van der Waals surface area (Å²) in [4.78, 5) is 11.7. The van der Waals surface area contributed by atoms with Crippen molar-refractivity contribution in [2.75, 3.05) is 0 Å². The van der Waals surface area contributed by atoms with E-state index in [1.54, 1.807) is 0 Å². The number of carbonyl (C=O) groups excluding carboxylic acids is 1. The smallest absolute Gasteiger partial charge is 0.250 e. The Bertz CT molecular complexity index is 876. The number of para-hydroxylation sites is 1. The average Bonchev–Trinajstić information content (AvgIpc) is 2.94. The summed E-state index contributed by atoms with van der Waals surface area (Å²) in [6.45, 7) is 0. The second-order valence-corrected chi connectivity index (χ2v) is 5.95. The minimum absolute atomic E-state index is 0.382. The maximum atomic E-state index is 11.7. The summed E-state index contributed by atoms with van der Waals surface area (Å²) in [6, 6.07) is 14.5. The van der Waals surface area contributed by atoms with Crippen molar-refractivity contribution in [1.29, 1.82) is 0 Å². The maximum Gasteiger partial charge on any atom is 0.250 e. The second kappa shape index (κ2) is 5.02. The van der Waals surface area contributed by atoms with Crippen LogP contribution in [0.5, 0.6) is 0 Å². The zero-order valence-electron chi connectivity index (χ0n) is 12.4. The van der Waals surface area contributed by atoms with Crippen LogP contribution in [0.3, 0.4) is 0 Å². The van der Waals surface area contributed by atoms with E-state index in [0.717, 1.165) is 23.0 Å². The van der Waals surface area contributed by atoms with Crippen molar-refractivity contribution in [1.82, 2.24) is 4.57 Å². The van der Waals surface area contributed by atoms with Gasteiger partial charge in [0.15, 0.2) is 0 Å². The average molecular weight is 290 g/mol. The molecule has 2 aromatic carbocycles. The molecule has 0 spiro atoms. The molecule has 3 heteroatoms. The fraction of sp³-hybridized carbons (Fsp3) is 0.211. The first kappa shape index (κ1) is 13.1. The summed E-state index contributed by atoms with van der Waals surface area (Å²) in [5, 5.41) is 0.910. The molecule has 0 radical (unpaired) electrons. The first-order valence-corrected chi connectivity index (χ1v) is 7.76. The SMILES string of the molecule is NC(=O)c1cn(-c2ccc3c(c2)CCCC3)c2ccccc12. The number of aryl methyl sites for hydroxylation is 2. The van der Waals surface area contributed by atoms with Crippen LogP contribution in [0, 0.1) is 0 Å². The molecule has 22 heavy (non-hydrogen) atoms.